The molecule has 0 bridgehead atoms. The van der Waals surface area contributed by atoms with Crippen LogP contribution in [0.2, 0.25) is 0 Å². The predicted octanol–water partition coefficient (Wildman–Crippen LogP) is 3.06. The Balaban J connectivity index is 0.000000487. The lowest BCUT2D eigenvalue weighted by atomic mass is 9.69. The minimum Gasteiger partial charge on any atom is -0.481 e. The summed E-state index contributed by atoms with van der Waals surface area (Å²) in [5.74, 6) is 0.00546. The van der Waals surface area contributed by atoms with Crippen LogP contribution in [0.25, 0.3) is 0 Å². The van der Waals surface area contributed by atoms with E-state index in [-0.39, 0.29) is 6.10 Å². The average molecular weight is 230 g/mol. The highest BCUT2D eigenvalue weighted by Crippen LogP contribution is 2.40. The zero-order valence-electron chi connectivity index (χ0n) is 11.0. The van der Waals surface area contributed by atoms with Gasteiger partial charge in [0.1, 0.15) is 0 Å². The Kier molecular flexibility index (Phi) is 6.65. The second kappa shape index (κ2) is 6.89. The van der Waals surface area contributed by atoms with E-state index in [1.54, 1.807) is 0 Å². The number of aliphatic hydroxyl groups is 1. The van der Waals surface area contributed by atoms with Crippen LogP contribution in [0.1, 0.15) is 59.8 Å². The van der Waals surface area contributed by atoms with E-state index < -0.39 is 5.97 Å². The highest BCUT2D eigenvalue weighted by atomic mass is 16.4. The Labute approximate surface area is 98.9 Å². The highest BCUT2D eigenvalue weighted by molar-refractivity contribution is 5.62. The third-order valence-electron chi connectivity index (χ3n) is 3.71. The van der Waals surface area contributed by atoms with Crippen LogP contribution < -0.4 is 0 Å². The molecule has 1 saturated carbocycles. The molecular weight excluding hydrogens is 204 g/mol. The topological polar surface area (TPSA) is 57.5 Å². The van der Waals surface area contributed by atoms with Gasteiger partial charge in [0, 0.05) is 6.92 Å². The molecule has 3 heteroatoms. The van der Waals surface area contributed by atoms with Crippen molar-refractivity contribution in [1.82, 2.24) is 0 Å². The fourth-order valence-electron chi connectivity index (χ4n) is 2.15. The number of carbonyl (C=O) groups is 1. The van der Waals surface area contributed by atoms with Crippen molar-refractivity contribution in [1.29, 1.82) is 0 Å². The molecule has 3 nitrogen and oxygen atoms in total. The number of hydrogen-bond donors (Lipinski definition) is 2. The van der Waals surface area contributed by atoms with E-state index in [4.69, 9.17) is 9.90 Å². The molecule has 0 amide bonds. The van der Waals surface area contributed by atoms with Crippen LogP contribution in [0.15, 0.2) is 0 Å². The summed E-state index contributed by atoms with van der Waals surface area (Å²) in [6.45, 7) is 8.07. The number of rotatable bonds is 2. The Morgan fingerprint density at radius 2 is 1.62 bits per heavy atom. The van der Waals surface area contributed by atoms with E-state index in [9.17, 15) is 5.11 Å². The molecule has 1 aliphatic carbocycles. The largest absolute Gasteiger partial charge is 0.481 e. The summed E-state index contributed by atoms with van der Waals surface area (Å²) in [5.41, 5.74) is 0.486. The molecule has 16 heavy (non-hydrogen) atoms. The van der Waals surface area contributed by atoms with Gasteiger partial charge in [-0.05, 0) is 37.0 Å². The Morgan fingerprint density at radius 1 is 1.25 bits per heavy atom. The lowest BCUT2D eigenvalue weighted by Crippen LogP contribution is -2.29. The first-order valence-electron chi connectivity index (χ1n) is 6.17. The molecule has 0 aromatic rings. The van der Waals surface area contributed by atoms with Gasteiger partial charge < -0.3 is 10.2 Å². The van der Waals surface area contributed by atoms with E-state index in [1.165, 1.54) is 19.3 Å². The van der Waals surface area contributed by atoms with Gasteiger partial charge in [-0.25, -0.2) is 0 Å². The normalized spacial score (nSPS) is 25.6. The molecule has 1 fully saturated rings. The number of aliphatic carboxylic acids is 1. The summed E-state index contributed by atoms with van der Waals surface area (Å²) >= 11 is 0. The summed E-state index contributed by atoms with van der Waals surface area (Å²) in [7, 11) is 0. The van der Waals surface area contributed by atoms with Crippen LogP contribution in [0.4, 0.5) is 0 Å². The van der Waals surface area contributed by atoms with Crippen molar-refractivity contribution in [3.63, 3.8) is 0 Å². The number of carboxylic acid groups (broad SMARTS) is 1. The van der Waals surface area contributed by atoms with Gasteiger partial charge in [0.2, 0.25) is 0 Å². The maximum absolute atomic E-state index is 9.37. The quantitative estimate of drug-likeness (QED) is 0.766. The second-order valence-electron chi connectivity index (χ2n) is 5.37. The Bertz CT molecular complexity index is 199. The molecule has 0 radical (unpaired) electrons. The minimum absolute atomic E-state index is 0.00564. The van der Waals surface area contributed by atoms with Crippen LogP contribution in [0.5, 0.6) is 0 Å². The van der Waals surface area contributed by atoms with E-state index in [0.717, 1.165) is 25.7 Å². The first kappa shape index (κ1) is 15.4. The van der Waals surface area contributed by atoms with Gasteiger partial charge in [0.05, 0.1) is 6.10 Å². The summed E-state index contributed by atoms with van der Waals surface area (Å²) in [6.07, 6.45) is 5.74. The minimum atomic E-state index is -0.833. The fraction of sp³-hybridized carbons (Fsp3) is 0.923. The van der Waals surface area contributed by atoms with Gasteiger partial charge in [0.15, 0.2) is 0 Å². The fourth-order valence-corrected chi connectivity index (χ4v) is 2.15. The standard InChI is InChI=1S/C11H22O.C2H4O2/c1-4-11(2,3)9-5-7-10(12)8-6-9;1-2(3)4/h9-10,12H,4-8H2,1-3H3;1H3,(H,3,4). The molecule has 0 heterocycles. The van der Waals surface area contributed by atoms with Crippen molar-refractivity contribution in [3.05, 3.63) is 0 Å². The number of hydrogen-bond acceptors (Lipinski definition) is 2. The lowest BCUT2D eigenvalue weighted by Gasteiger charge is -2.37. The average Bonchev–Trinajstić information content (AvgIpc) is 2.17. The third-order valence-corrected chi connectivity index (χ3v) is 3.71. The zero-order chi connectivity index (χ0) is 12.8. The molecule has 1 aliphatic rings. The molecule has 0 unspecified atom stereocenters. The molecule has 0 aromatic carbocycles. The van der Waals surface area contributed by atoms with Gasteiger partial charge in [0.25, 0.3) is 5.97 Å². The van der Waals surface area contributed by atoms with Crippen molar-refractivity contribution in [2.45, 2.75) is 65.9 Å². The zero-order valence-corrected chi connectivity index (χ0v) is 11.0. The van der Waals surface area contributed by atoms with E-state index >= 15 is 0 Å². The van der Waals surface area contributed by atoms with Gasteiger partial charge in [-0.1, -0.05) is 27.2 Å². The maximum Gasteiger partial charge on any atom is 0.300 e. The van der Waals surface area contributed by atoms with Crippen LogP contribution in [0, 0.1) is 11.3 Å². The van der Waals surface area contributed by atoms with Crippen molar-refractivity contribution >= 4 is 5.97 Å². The number of carboxylic acids is 1. The molecule has 1 rings (SSSR count). The molecule has 0 spiro atoms. The summed E-state index contributed by atoms with van der Waals surface area (Å²) in [6, 6.07) is 0. The first-order chi connectivity index (χ1) is 7.29. The molecule has 0 aliphatic heterocycles. The molecule has 0 atom stereocenters. The molecule has 2 N–H and O–H groups in total. The molecule has 0 aromatic heterocycles. The Morgan fingerprint density at radius 3 is 1.94 bits per heavy atom. The van der Waals surface area contributed by atoms with E-state index in [0.29, 0.717) is 5.41 Å². The van der Waals surface area contributed by atoms with Gasteiger partial charge >= 0.3 is 0 Å². The summed E-state index contributed by atoms with van der Waals surface area (Å²) < 4.78 is 0. The van der Waals surface area contributed by atoms with E-state index in [1.807, 2.05) is 0 Å². The molecule has 96 valence electrons. The monoisotopic (exact) mass is 230 g/mol. The third kappa shape index (κ3) is 6.11. The lowest BCUT2D eigenvalue weighted by molar-refractivity contribution is -0.134. The Hall–Kier alpha value is -0.570. The van der Waals surface area contributed by atoms with Crippen molar-refractivity contribution < 1.29 is 15.0 Å². The highest BCUT2D eigenvalue weighted by Gasteiger charge is 2.30. The first-order valence-corrected chi connectivity index (χ1v) is 6.17. The van der Waals surface area contributed by atoms with Crippen molar-refractivity contribution in [3.8, 4) is 0 Å². The van der Waals surface area contributed by atoms with E-state index in [2.05, 4.69) is 20.8 Å². The smallest absolute Gasteiger partial charge is 0.300 e. The summed E-state index contributed by atoms with van der Waals surface area (Å²) in [5, 5.41) is 16.8. The summed E-state index contributed by atoms with van der Waals surface area (Å²) in [4.78, 5) is 9.00. The molecular formula is C13H26O3. The van der Waals surface area contributed by atoms with Gasteiger partial charge in [-0.3, -0.25) is 4.79 Å². The molecule has 0 saturated heterocycles. The van der Waals surface area contributed by atoms with Crippen LogP contribution in [0.3, 0.4) is 0 Å². The predicted molar refractivity (Wildman–Crippen MR) is 65.3 cm³/mol. The van der Waals surface area contributed by atoms with Crippen LogP contribution in [-0.2, 0) is 4.79 Å². The van der Waals surface area contributed by atoms with Crippen molar-refractivity contribution in [2.75, 3.05) is 0 Å². The van der Waals surface area contributed by atoms with Crippen molar-refractivity contribution in [2.24, 2.45) is 11.3 Å². The maximum atomic E-state index is 9.37. The second-order valence-corrected chi connectivity index (χ2v) is 5.37. The van der Waals surface area contributed by atoms with Gasteiger partial charge in [-0.2, -0.15) is 0 Å². The van der Waals surface area contributed by atoms with Crippen LogP contribution in [-0.4, -0.2) is 22.3 Å². The van der Waals surface area contributed by atoms with Gasteiger partial charge in [-0.15, -0.1) is 0 Å². The van der Waals surface area contributed by atoms with Crippen LogP contribution >= 0.6 is 0 Å². The SMILES string of the molecule is CC(=O)O.CCC(C)(C)C1CCC(O)CC1. The number of aliphatic hydroxyl groups excluding tert-OH is 1.